The van der Waals surface area contributed by atoms with Crippen molar-refractivity contribution >= 4 is 17.6 Å². The van der Waals surface area contributed by atoms with E-state index in [2.05, 4.69) is 19.2 Å². The van der Waals surface area contributed by atoms with E-state index in [1.54, 1.807) is 6.92 Å². The first-order valence-corrected chi connectivity index (χ1v) is 10.9. The van der Waals surface area contributed by atoms with Gasteiger partial charge in [0, 0.05) is 41.9 Å². The summed E-state index contributed by atoms with van der Waals surface area (Å²) in [5, 5.41) is 2.77. The topological polar surface area (TPSA) is 98.5 Å². The Morgan fingerprint density at radius 2 is 1.75 bits per heavy atom. The van der Waals surface area contributed by atoms with Crippen molar-refractivity contribution < 1.29 is 22.0 Å². The molecule has 0 aromatic rings. The van der Waals surface area contributed by atoms with Gasteiger partial charge in [0.25, 0.3) is 0 Å². The van der Waals surface area contributed by atoms with E-state index in [1.165, 1.54) is 32.1 Å². The summed E-state index contributed by atoms with van der Waals surface area (Å²) in [6, 6.07) is 0. The molecule has 0 spiro atoms. The third kappa shape index (κ3) is 19.3. The van der Waals surface area contributed by atoms with Crippen LogP contribution in [-0.2, 0) is 19.1 Å². The number of carbonyl (C=O) groups is 3. The number of hydrogen-bond acceptors (Lipinski definition) is 4. The second-order valence-electron chi connectivity index (χ2n) is 8.24. The Bertz CT molecular complexity index is 443. The SMILES string of the molecule is CC(=O)CCC1CCCCC1.CC(C)COCCCNC(=O)CCCC(N)=O.[HH].[HH]. The van der Waals surface area contributed by atoms with Crippen molar-refractivity contribution in [3.8, 4) is 0 Å². The van der Waals surface area contributed by atoms with Gasteiger partial charge in [-0.1, -0.05) is 46.0 Å². The highest BCUT2D eigenvalue weighted by molar-refractivity contribution is 5.77. The van der Waals surface area contributed by atoms with Crippen LogP contribution in [0, 0.1) is 11.8 Å². The molecule has 1 saturated carbocycles. The van der Waals surface area contributed by atoms with E-state index in [-0.39, 0.29) is 21.1 Å². The highest BCUT2D eigenvalue weighted by Gasteiger charge is 2.13. The summed E-state index contributed by atoms with van der Waals surface area (Å²) in [5.41, 5.74) is 4.97. The van der Waals surface area contributed by atoms with Crippen LogP contribution in [0.2, 0.25) is 0 Å². The van der Waals surface area contributed by atoms with Gasteiger partial charge in [-0.25, -0.2) is 0 Å². The number of carbonyl (C=O) groups excluding carboxylic acids is 3. The molecule has 0 heterocycles. The van der Waals surface area contributed by atoms with Crippen molar-refractivity contribution in [3.63, 3.8) is 0 Å². The van der Waals surface area contributed by atoms with Gasteiger partial charge in [0.15, 0.2) is 0 Å². The van der Waals surface area contributed by atoms with Crippen molar-refractivity contribution in [2.24, 2.45) is 17.6 Å². The fourth-order valence-electron chi connectivity index (χ4n) is 3.12. The van der Waals surface area contributed by atoms with Gasteiger partial charge in [0.05, 0.1) is 0 Å². The molecule has 168 valence electrons. The third-order valence-corrected chi connectivity index (χ3v) is 4.70. The second kappa shape index (κ2) is 17.7. The highest BCUT2D eigenvalue weighted by Crippen LogP contribution is 2.27. The number of hydrogen-bond donors (Lipinski definition) is 2. The van der Waals surface area contributed by atoms with Gasteiger partial charge < -0.3 is 20.6 Å². The Morgan fingerprint density at radius 3 is 2.32 bits per heavy atom. The first-order valence-electron chi connectivity index (χ1n) is 10.9. The van der Waals surface area contributed by atoms with Gasteiger partial charge in [-0.3, -0.25) is 9.59 Å². The van der Waals surface area contributed by atoms with Crippen LogP contribution in [0.4, 0.5) is 0 Å². The van der Waals surface area contributed by atoms with Gasteiger partial charge in [-0.2, -0.15) is 0 Å². The van der Waals surface area contributed by atoms with E-state index < -0.39 is 0 Å². The fourth-order valence-corrected chi connectivity index (χ4v) is 3.12. The molecule has 2 amide bonds. The molecule has 1 aliphatic carbocycles. The van der Waals surface area contributed by atoms with Crippen molar-refractivity contribution in [1.29, 1.82) is 0 Å². The Kier molecular flexibility index (Phi) is 16.8. The van der Waals surface area contributed by atoms with Gasteiger partial charge in [0.1, 0.15) is 5.78 Å². The van der Waals surface area contributed by atoms with E-state index in [1.807, 2.05) is 0 Å². The Labute approximate surface area is 174 Å². The molecule has 6 nitrogen and oxygen atoms in total. The fraction of sp³-hybridized carbons (Fsp3) is 0.864. The third-order valence-electron chi connectivity index (χ3n) is 4.70. The van der Waals surface area contributed by atoms with E-state index >= 15 is 0 Å². The summed E-state index contributed by atoms with van der Waals surface area (Å²) in [5.74, 6) is 1.37. The molecular formula is C22H46N2O4. The molecule has 0 aromatic heterocycles. The Balaban J connectivity index is -0.000000489. The average molecular weight is 403 g/mol. The molecule has 0 bridgehead atoms. The van der Waals surface area contributed by atoms with Crippen molar-refractivity contribution in [1.82, 2.24) is 5.32 Å². The summed E-state index contributed by atoms with van der Waals surface area (Å²) in [6.07, 6.45) is 10.8. The molecule has 3 N–H and O–H groups in total. The lowest BCUT2D eigenvalue weighted by Gasteiger charge is -2.20. The number of primary amides is 1. The van der Waals surface area contributed by atoms with Crippen LogP contribution >= 0.6 is 0 Å². The van der Waals surface area contributed by atoms with Crippen LogP contribution in [0.5, 0.6) is 0 Å². The largest absolute Gasteiger partial charge is 0.381 e. The van der Waals surface area contributed by atoms with Crippen molar-refractivity contribution in [3.05, 3.63) is 0 Å². The number of Topliss-reactive ketones (excluding diaryl/α,β-unsaturated/α-hetero) is 1. The van der Waals surface area contributed by atoms with Crippen LogP contribution in [0.25, 0.3) is 0 Å². The average Bonchev–Trinajstić information content (AvgIpc) is 2.64. The monoisotopic (exact) mass is 402 g/mol. The number of ketones is 1. The van der Waals surface area contributed by atoms with Gasteiger partial charge in [-0.05, 0) is 38.0 Å². The molecule has 6 heteroatoms. The van der Waals surface area contributed by atoms with Gasteiger partial charge in [-0.15, -0.1) is 0 Å². The maximum Gasteiger partial charge on any atom is 0.220 e. The van der Waals surface area contributed by atoms with Crippen LogP contribution in [0.15, 0.2) is 0 Å². The maximum absolute atomic E-state index is 11.3. The standard InChI is InChI=1S/C12H24N2O3.C10H18O.2H2/c1-10(2)9-17-8-4-7-14-12(16)6-3-5-11(13)15;1-9(11)7-8-10-5-3-2-4-6-10;;/h10H,3-9H2,1-2H3,(H2,13,15)(H,14,16);10H,2-8H2,1H3;2*1H. The van der Waals surface area contributed by atoms with Crippen LogP contribution in [0.3, 0.4) is 0 Å². The van der Waals surface area contributed by atoms with E-state index in [9.17, 15) is 14.4 Å². The number of nitrogens with one attached hydrogen (secondary N) is 1. The zero-order chi connectivity index (χ0) is 21.2. The quantitative estimate of drug-likeness (QED) is 0.450. The first kappa shape index (κ1) is 26.6. The molecular weight excluding hydrogens is 356 g/mol. The summed E-state index contributed by atoms with van der Waals surface area (Å²) in [7, 11) is 0. The first-order chi connectivity index (χ1) is 13.3. The lowest BCUT2D eigenvalue weighted by Crippen LogP contribution is -2.25. The van der Waals surface area contributed by atoms with Crippen LogP contribution < -0.4 is 11.1 Å². The smallest absolute Gasteiger partial charge is 0.220 e. The molecule has 0 atom stereocenters. The summed E-state index contributed by atoms with van der Waals surface area (Å²) >= 11 is 0. The van der Waals surface area contributed by atoms with Gasteiger partial charge in [0.2, 0.25) is 11.8 Å². The zero-order valence-electron chi connectivity index (χ0n) is 18.3. The summed E-state index contributed by atoms with van der Waals surface area (Å²) in [6.45, 7) is 7.93. The summed E-state index contributed by atoms with van der Waals surface area (Å²) in [4.78, 5) is 32.4. The predicted molar refractivity (Wildman–Crippen MR) is 117 cm³/mol. The number of amides is 2. The molecule has 0 unspecified atom stereocenters. The lowest BCUT2D eigenvalue weighted by atomic mass is 9.86. The predicted octanol–water partition coefficient (Wildman–Crippen LogP) is 4.25. The zero-order valence-corrected chi connectivity index (χ0v) is 18.3. The van der Waals surface area contributed by atoms with Crippen LogP contribution in [-0.4, -0.2) is 37.4 Å². The molecule has 28 heavy (non-hydrogen) atoms. The minimum Gasteiger partial charge on any atom is -0.381 e. The lowest BCUT2D eigenvalue weighted by molar-refractivity contribution is -0.121. The Hall–Kier alpha value is -1.43. The molecule has 1 aliphatic rings. The number of ether oxygens (including phenoxy) is 1. The van der Waals surface area contributed by atoms with E-state index in [0.29, 0.717) is 37.7 Å². The van der Waals surface area contributed by atoms with Crippen LogP contribution in [0.1, 0.15) is 94.3 Å². The molecule has 0 aliphatic heterocycles. The van der Waals surface area contributed by atoms with Crippen molar-refractivity contribution in [2.75, 3.05) is 19.8 Å². The minimum atomic E-state index is -0.361. The molecule has 0 saturated heterocycles. The molecule has 1 rings (SSSR count). The maximum atomic E-state index is 11.3. The Morgan fingerprint density at radius 1 is 1.07 bits per heavy atom. The minimum absolute atomic E-state index is 0. The van der Waals surface area contributed by atoms with E-state index in [0.717, 1.165) is 31.8 Å². The number of rotatable bonds is 13. The van der Waals surface area contributed by atoms with Crippen molar-refractivity contribution in [2.45, 2.75) is 91.4 Å². The van der Waals surface area contributed by atoms with Gasteiger partial charge >= 0.3 is 0 Å². The molecule has 0 radical (unpaired) electrons. The number of nitrogens with two attached hydrogens (primary N) is 1. The second-order valence-corrected chi connectivity index (χ2v) is 8.24. The summed E-state index contributed by atoms with van der Waals surface area (Å²) < 4.78 is 5.38. The highest BCUT2D eigenvalue weighted by atomic mass is 16.5. The van der Waals surface area contributed by atoms with E-state index in [4.69, 9.17) is 10.5 Å². The normalized spacial score (nSPS) is 14.3. The molecule has 1 fully saturated rings. The molecule has 0 aromatic carbocycles.